The molecule has 8 heteroatoms. The fourth-order valence-electron chi connectivity index (χ4n) is 1.53. The highest BCUT2D eigenvalue weighted by atomic mass is 35.5. The molecule has 0 amide bonds. The molecule has 0 radical (unpaired) electrons. The van der Waals surface area contributed by atoms with Crippen LogP contribution >= 0.6 is 23.2 Å². The van der Waals surface area contributed by atoms with Gasteiger partial charge in [-0.1, -0.05) is 29.3 Å². The largest absolute Gasteiger partial charge is 0.497 e. The number of anilines is 1. The maximum absolute atomic E-state index is 12.2. The normalized spacial score (nSPS) is 11.2. The molecule has 0 bridgehead atoms. The molecule has 2 aromatic carbocycles. The number of ether oxygens (including phenoxy) is 1. The van der Waals surface area contributed by atoms with Crippen molar-refractivity contribution in [2.75, 3.05) is 12.8 Å². The van der Waals surface area contributed by atoms with Gasteiger partial charge in [0.1, 0.15) is 16.4 Å². The molecular weight excluding hydrogens is 337 g/mol. The predicted molar refractivity (Wildman–Crippen MR) is 81.7 cm³/mol. The molecule has 0 unspecified atom stereocenters. The molecule has 0 spiro atoms. The number of halogens is 2. The van der Waals surface area contributed by atoms with E-state index in [2.05, 4.69) is 0 Å². The SMILES string of the molecule is COc1cccc(OS(=O)(=O)c2cc(Cl)c(N)c(Cl)c2)c1. The van der Waals surface area contributed by atoms with Crippen LogP contribution in [0, 0.1) is 0 Å². The fourth-order valence-corrected chi connectivity index (χ4v) is 3.13. The summed E-state index contributed by atoms with van der Waals surface area (Å²) in [5.74, 6) is 0.578. The molecule has 0 aliphatic carbocycles. The van der Waals surface area contributed by atoms with Crippen LogP contribution < -0.4 is 14.7 Å². The first-order chi connectivity index (χ1) is 9.83. The Morgan fingerprint density at radius 2 is 1.62 bits per heavy atom. The molecule has 0 saturated heterocycles. The Kier molecular flexibility index (Phi) is 4.51. The third-order valence-corrected chi connectivity index (χ3v) is 4.44. The molecule has 0 heterocycles. The summed E-state index contributed by atoms with van der Waals surface area (Å²) in [6.07, 6.45) is 0. The van der Waals surface area contributed by atoms with E-state index in [0.29, 0.717) is 5.75 Å². The van der Waals surface area contributed by atoms with Gasteiger partial charge < -0.3 is 14.7 Å². The summed E-state index contributed by atoms with van der Waals surface area (Å²) in [7, 11) is -2.61. The maximum Gasteiger partial charge on any atom is 0.339 e. The Bertz CT molecular complexity index is 754. The Labute approximate surface area is 132 Å². The topological polar surface area (TPSA) is 78.6 Å². The third-order valence-electron chi connectivity index (χ3n) is 2.59. The minimum atomic E-state index is -4.08. The van der Waals surface area contributed by atoms with Crippen molar-refractivity contribution in [3.05, 3.63) is 46.4 Å². The minimum absolute atomic E-state index is 0.0373. The summed E-state index contributed by atoms with van der Waals surface area (Å²) in [6, 6.07) is 8.55. The van der Waals surface area contributed by atoms with Gasteiger partial charge in [0.15, 0.2) is 0 Å². The van der Waals surface area contributed by atoms with Gasteiger partial charge in [0.25, 0.3) is 0 Å². The summed E-state index contributed by atoms with van der Waals surface area (Å²) < 4.78 is 34.4. The van der Waals surface area contributed by atoms with E-state index in [9.17, 15) is 8.42 Å². The van der Waals surface area contributed by atoms with Crippen LogP contribution in [-0.2, 0) is 10.1 Å². The van der Waals surface area contributed by atoms with Crippen LogP contribution in [0.3, 0.4) is 0 Å². The van der Waals surface area contributed by atoms with Gasteiger partial charge in [-0.05, 0) is 24.3 Å². The smallest absolute Gasteiger partial charge is 0.339 e. The summed E-state index contributed by atoms with van der Waals surface area (Å²) >= 11 is 11.7. The zero-order valence-corrected chi connectivity index (χ0v) is 13.2. The number of methoxy groups -OCH3 is 1. The van der Waals surface area contributed by atoms with Crippen molar-refractivity contribution in [3.8, 4) is 11.5 Å². The molecule has 21 heavy (non-hydrogen) atoms. The highest BCUT2D eigenvalue weighted by molar-refractivity contribution is 7.87. The van der Waals surface area contributed by atoms with Gasteiger partial charge >= 0.3 is 10.1 Å². The average molecular weight is 348 g/mol. The van der Waals surface area contributed by atoms with Gasteiger partial charge in [-0.25, -0.2) is 0 Å². The van der Waals surface area contributed by atoms with E-state index in [1.165, 1.54) is 31.4 Å². The van der Waals surface area contributed by atoms with Crippen LogP contribution in [0.25, 0.3) is 0 Å². The first kappa shape index (κ1) is 15.8. The number of hydrogen-bond acceptors (Lipinski definition) is 5. The quantitative estimate of drug-likeness (QED) is 0.677. The van der Waals surface area contributed by atoms with Crippen LogP contribution in [0.15, 0.2) is 41.3 Å². The average Bonchev–Trinajstić information content (AvgIpc) is 2.44. The minimum Gasteiger partial charge on any atom is -0.497 e. The summed E-state index contributed by atoms with van der Waals surface area (Å²) in [6.45, 7) is 0. The first-order valence-corrected chi connectivity index (χ1v) is 7.83. The van der Waals surface area contributed by atoms with E-state index in [4.69, 9.17) is 37.9 Å². The highest BCUT2D eigenvalue weighted by Gasteiger charge is 2.20. The predicted octanol–water partition coefficient (Wildman–Crippen LogP) is 3.35. The monoisotopic (exact) mass is 347 g/mol. The molecule has 0 fully saturated rings. The van der Waals surface area contributed by atoms with Crippen molar-refractivity contribution in [2.24, 2.45) is 0 Å². The lowest BCUT2D eigenvalue weighted by molar-refractivity contribution is 0.411. The van der Waals surface area contributed by atoms with E-state index in [1.807, 2.05) is 0 Å². The van der Waals surface area contributed by atoms with Gasteiger partial charge in [-0.2, -0.15) is 8.42 Å². The van der Waals surface area contributed by atoms with E-state index >= 15 is 0 Å². The van der Waals surface area contributed by atoms with Crippen molar-refractivity contribution >= 4 is 39.0 Å². The molecule has 0 aliphatic heterocycles. The lowest BCUT2D eigenvalue weighted by Gasteiger charge is -2.10. The van der Waals surface area contributed by atoms with Gasteiger partial charge in [0, 0.05) is 6.07 Å². The summed E-state index contributed by atoms with van der Waals surface area (Å²) in [5.41, 5.74) is 5.68. The maximum atomic E-state index is 12.2. The van der Waals surface area contributed by atoms with Crippen molar-refractivity contribution in [3.63, 3.8) is 0 Å². The number of benzene rings is 2. The van der Waals surface area contributed by atoms with E-state index < -0.39 is 10.1 Å². The fraction of sp³-hybridized carbons (Fsp3) is 0.0769. The molecule has 5 nitrogen and oxygen atoms in total. The number of rotatable bonds is 4. The molecule has 112 valence electrons. The van der Waals surface area contributed by atoms with Crippen molar-refractivity contribution < 1.29 is 17.3 Å². The van der Waals surface area contributed by atoms with Gasteiger partial charge in [-0.15, -0.1) is 0 Å². The number of nitrogens with two attached hydrogens (primary N) is 1. The lowest BCUT2D eigenvalue weighted by Crippen LogP contribution is -2.10. The van der Waals surface area contributed by atoms with Crippen LogP contribution in [0.4, 0.5) is 5.69 Å². The van der Waals surface area contributed by atoms with E-state index in [0.717, 1.165) is 0 Å². The molecule has 2 aromatic rings. The molecule has 2 rings (SSSR count). The molecule has 0 aromatic heterocycles. The van der Waals surface area contributed by atoms with Crippen LogP contribution in [-0.4, -0.2) is 15.5 Å². The standard InChI is InChI=1S/C13H11Cl2NO4S/c1-19-8-3-2-4-9(5-8)20-21(17,18)10-6-11(14)13(16)12(15)7-10/h2-7H,16H2,1H3. The van der Waals surface area contributed by atoms with E-state index in [1.54, 1.807) is 12.1 Å². The Morgan fingerprint density at radius 1 is 1.05 bits per heavy atom. The highest BCUT2D eigenvalue weighted by Crippen LogP contribution is 2.32. The summed E-state index contributed by atoms with van der Waals surface area (Å²) in [4.78, 5) is -0.186. The lowest BCUT2D eigenvalue weighted by atomic mass is 10.3. The van der Waals surface area contributed by atoms with Crippen LogP contribution in [0.5, 0.6) is 11.5 Å². The van der Waals surface area contributed by atoms with Crippen LogP contribution in [0.2, 0.25) is 10.0 Å². The Balaban J connectivity index is 2.38. The summed E-state index contributed by atoms with van der Waals surface area (Å²) in [5, 5.41) is 0.0747. The Hall–Kier alpha value is -1.63. The number of nitrogen functional groups attached to an aromatic ring is 1. The number of hydrogen-bond donors (Lipinski definition) is 1. The zero-order chi connectivity index (χ0) is 15.6. The second kappa shape index (κ2) is 6.01. The molecular formula is C13H11Cl2NO4S. The first-order valence-electron chi connectivity index (χ1n) is 5.66. The van der Waals surface area contributed by atoms with Gasteiger partial charge in [-0.3, -0.25) is 0 Å². The van der Waals surface area contributed by atoms with E-state index in [-0.39, 0.29) is 26.4 Å². The Morgan fingerprint density at radius 3 is 2.19 bits per heavy atom. The van der Waals surface area contributed by atoms with Crippen molar-refractivity contribution in [1.82, 2.24) is 0 Å². The zero-order valence-electron chi connectivity index (χ0n) is 10.8. The second-order valence-corrected chi connectivity index (χ2v) is 6.38. The molecule has 0 aliphatic rings. The van der Waals surface area contributed by atoms with Gasteiger partial charge in [0.05, 0.1) is 22.8 Å². The van der Waals surface area contributed by atoms with Crippen molar-refractivity contribution in [1.29, 1.82) is 0 Å². The van der Waals surface area contributed by atoms with Crippen molar-refractivity contribution in [2.45, 2.75) is 4.90 Å². The van der Waals surface area contributed by atoms with Gasteiger partial charge in [0.2, 0.25) is 0 Å². The second-order valence-electron chi connectivity index (χ2n) is 4.02. The third kappa shape index (κ3) is 3.53. The molecule has 0 atom stereocenters. The molecule has 2 N–H and O–H groups in total. The molecule has 0 saturated carbocycles. The van der Waals surface area contributed by atoms with Crippen LogP contribution in [0.1, 0.15) is 0 Å².